The Hall–Kier alpha value is -2.37. The Morgan fingerprint density at radius 1 is 1.11 bits per heavy atom. The van der Waals surface area contributed by atoms with Crippen LogP contribution in [-0.2, 0) is 34.1 Å². The van der Waals surface area contributed by atoms with Crippen LogP contribution in [-0.4, -0.2) is 75.2 Å². The molecule has 0 saturated carbocycles. The number of quaternary nitrogens is 1. The second-order valence-electron chi connectivity index (χ2n) is 10.7. The van der Waals surface area contributed by atoms with Gasteiger partial charge in [0.25, 0.3) is 0 Å². The van der Waals surface area contributed by atoms with Crippen molar-refractivity contribution in [2.24, 2.45) is 5.92 Å². The number of aromatic nitrogens is 2. The van der Waals surface area contributed by atoms with Crippen molar-refractivity contribution in [2.75, 3.05) is 57.4 Å². The zero-order valence-electron chi connectivity index (χ0n) is 21.9. The molecule has 6 rings (SSSR count). The summed E-state index contributed by atoms with van der Waals surface area (Å²) in [5.74, 6) is 2.58. The van der Waals surface area contributed by atoms with Crippen molar-refractivity contribution < 1.29 is 18.1 Å². The lowest BCUT2D eigenvalue weighted by atomic mass is 9.89. The van der Waals surface area contributed by atoms with Crippen LogP contribution in [0.2, 0.25) is 0 Å². The van der Waals surface area contributed by atoms with Crippen LogP contribution in [0.3, 0.4) is 0 Å². The van der Waals surface area contributed by atoms with Crippen LogP contribution in [0.1, 0.15) is 35.2 Å². The highest BCUT2D eigenvalue weighted by Gasteiger charge is 2.30. The van der Waals surface area contributed by atoms with Gasteiger partial charge in [0.2, 0.25) is 10.0 Å². The quantitative estimate of drug-likeness (QED) is 0.504. The number of piperazine rings is 1. The highest BCUT2D eigenvalue weighted by Crippen LogP contribution is 2.41. The fourth-order valence-corrected chi connectivity index (χ4v) is 8.27. The van der Waals surface area contributed by atoms with E-state index in [1.54, 1.807) is 10.4 Å². The standard InChI is InChI=1S/C28H35N5O3S2/c1-21-7-8-23-24(19-21)37-28-26(23)27(29-25(30-28)20-31-14-16-36-17-15-31)32-10-12-33(13-11-32)38(34,35)18-9-22-5-3-2-4-6-22/h2-6,9,18,21H,7-8,10-17,19-20H2,1H3/p+1/b18-9+/t21-/m1/s1. The van der Waals surface area contributed by atoms with Gasteiger partial charge in [-0.15, -0.1) is 11.3 Å². The van der Waals surface area contributed by atoms with Crippen molar-refractivity contribution in [3.63, 3.8) is 0 Å². The molecule has 0 bridgehead atoms. The molecule has 3 aromatic rings. The minimum atomic E-state index is -3.49. The van der Waals surface area contributed by atoms with Gasteiger partial charge in [-0.05, 0) is 42.4 Å². The summed E-state index contributed by atoms with van der Waals surface area (Å²) in [6.45, 7) is 8.77. The molecular weight excluding hydrogens is 518 g/mol. The Balaban J connectivity index is 1.26. The summed E-state index contributed by atoms with van der Waals surface area (Å²) in [5, 5.41) is 2.54. The molecule has 2 aromatic heterocycles. The number of aryl methyl sites for hydroxylation is 1. The molecule has 1 aliphatic carbocycles. The summed E-state index contributed by atoms with van der Waals surface area (Å²) in [6.07, 6.45) is 5.05. The van der Waals surface area contributed by atoms with Crippen molar-refractivity contribution in [2.45, 2.75) is 32.7 Å². The molecule has 10 heteroatoms. The van der Waals surface area contributed by atoms with E-state index in [1.807, 2.05) is 41.7 Å². The van der Waals surface area contributed by atoms with Gasteiger partial charge >= 0.3 is 0 Å². The monoisotopic (exact) mass is 554 g/mol. The Bertz CT molecular complexity index is 1410. The Kier molecular flexibility index (Phi) is 7.50. The zero-order chi connectivity index (χ0) is 26.1. The van der Waals surface area contributed by atoms with E-state index in [2.05, 4.69) is 11.8 Å². The Labute approximate surface area is 229 Å². The largest absolute Gasteiger partial charge is 0.370 e. The summed E-state index contributed by atoms with van der Waals surface area (Å²) < 4.78 is 33.2. The molecule has 1 aromatic carbocycles. The van der Waals surface area contributed by atoms with E-state index in [1.165, 1.54) is 32.6 Å². The van der Waals surface area contributed by atoms with Crippen LogP contribution in [0.4, 0.5) is 5.82 Å². The van der Waals surface area contributed by atoms with E-state index in [0.29, 0.717) is 32.1 Å². The lowest BCUT2D eigenvalue weighted by Gasteiger charge is -2.35. The van der Waals surface area contributed by atoms with Crippen LogP contribution >= 0.6 is 11.3 Å². The molecule has 0 spiro atoms. The topological polar surface area (TPSA) is 80.1 Å². The van der Waals surface area contributed by atoms with E-state index in [-0.39, 0.29) is 0 Å². The van der Waals surface area contributed by atoms with Gasteiger partial charge in [0.15, 0.2) is 5.82 Å². The molecule has 38 heavy (non-hydrogen) atoms. The maximum absolute atomic E-state index is 13.1. The molecule has 1 atom stereocenters. The van der Waals surface area contributed by atoms with Crippen molar-refractivity contribution >= 4 is 43.5 Å². The second kappa shape index (κ2) is 11.0. The minimum absolute atomic E-state index is 0.445. The minimum Gasteiger partial charge on any atom is -0.370 e. The van der Waals surface area contributed by atoms with Gasteiger partial charge in [-0.2, -0.15) is 4.31 Å². The maximum atomic E-state index is 13.1. The van der Waals surface area contributed by atoms with Crippen LogP contribution in [0.25, 0.3) is 16.3 Å². The number of fused-ring (bicyclic) bond motifs is 3. The molecule has 1 N–H and O–H groups in total. The zero-order valence-corrected chi connectivity index (χ0v) is 23.6. The molecule has 2 aliphatic heterocycles. The highest BCUT2D eigenvalue weighted by molar-refractivity contribution is 7.92. The smallest absolute Gasteiger partial charge is 0.236 e. The Morgan fingerprint density at radius 3 is 2.63 bits per heavy atom. The summed E-state index contributed by atoms with van der Waals surface area (Å²) in [5.41, 5.74) is 2.30. The number of hydrogen-bond donors (Lipinski definition) is 1. The number of sulfonamides is 1. The third-order valence-corrected chi connectivity index (χ3v) is 10.6. The van der Waals surface area contributed by atoms with Crippen molar-refractivity contribution in [1.29, 1.82) is 0 Å². The van der Waals surface area contributed by atoms with Crippen LogP contribution in [0.15, 0.2) is 35.7 Å². The molecule has 3 aliphatic rings. The fourth-order valence-electron chi connectivity index (χ4n) is 5.70. The van der Waals surface area contributed by atoms with E-state index in [0.717, 1.165) is 67.7 Å². The predicted molar refractivity (Wildman–Crippen MR) is 152 cm³/mol. The van der Waals surface area contributed by atoms with Gasteiger partial charge in [-0.3, -0.25) is 0 Å². The van der Waals surface area contributed by atoms with Gasteiger partial charge in [0.05, 0.1) is 18.6 Å². The number of ether oxygens (including phenoxy) is 1. The number of thiophene rings is 1. The lowest BCUT2D eigenvalue weighted by Crippen LogP contribution is -3.12. The van der Waals surface area contributed by atoms with Gasteiger partial charge in [-0.1, -0.05) is 37.3 Å². The van der Waals surface area contributed by atoms with Crippen LogP contribution in [0, 0.1) is 5.92 Å². The van der Waals surface area contributed by atoms with Crippen molar-refractivity contribution in [3.8, 4) is 0 Å². The summed E-state index contributed by atoms with van der Waals surface area (Å²) in [6, 6.07) is 9.55. The van der Waals surface area contributed by atoms with Gasteiger partial charge in [-0.25, -0.2) is 18.4 Å². The first kappa shape index (κ1) is 25.9. The number of nitrogens with one attached hydrogen (secondary N) is 1. The second-order valence-corrected chi connectivity index (χ2v) is 13.6. The maximum Gasteiger partial charge on any atom is 0.236 e. The molecule has 202 valence electrons. The number of benzene rings is 1. The van der Waals surface area contributed by atoms with Gasteiger partial charge < -0.3 is 14.5 Å². The van der Waals surface area contributed by atoms with E-state index < -0.39 is 10.0 Å². The molecule has 0 unspecified atom stereocenters. The number of nitrogens with zero attached hydrogens (tertiary/aromatic N) is 4. The number of hydrogen-bond acceptors (Lipinski definition) is 7. The number of rotatable bonds is 6. The molecular formula is C28H36N5O3S2+. The normalized spacial score (nSPS) is 21.8. The predicted octanol–water partition coefficient (Wildman–Crippen LogP) is 2.35. The van der Waals surface area contributed by atoms with Gasteiger partial charge in [0, 0.05) is 36.5 Å². The van der Waals surface area contributed by atoms with Crippen LogP contribution in [0.5, 0.6) is 0 Å². The molecule has 2 fully saturated rings. The first-order chi connectivity index (χ1) is 18.5. The molecule has 0 amide bonds. The fraction of sp³-hybridized carbons (Fsp3) is 0.500. The summed E-state index contributed by atoms with van der Waals surface area (Å²) in [4.78, 5) is 16.5. The van der Waals surface area contributed by atoms with Gasteiger partial charge in [0.1, 0.15) is 30.3 Å². The average Bonchev–Trinajstić information content (AvgIpc) is 3.30. The summed E-state index contributed by atoms with van der Waals surface area (Å²) in [7, 11) is -3.49. The Morgan fingerprint density at radius 2 is 1.87 bits per heavy atom. The molecule has 0 radical (unpaired) electrons. The van der Waals surface area contributed by atoms with E-state index in [4.69, 9.17) is 14.7 Å². The molecule has 2 saturated heterocycles. The third kappa shape index (κ3) is 5.51. The average molecular weight is 555 g/mol. The number of morpholine rings is 1. The van der Waals surface area contributed by atoms with Crippen molar-refractivity contribution in [3.05, 3.63) is 57.6 Å². The summed E-state index contributed by atoms with van der Waals surface area (Å²) >= 11 is 1.84. The molecule has 8 nitrogen and oxygen atoms in total. The lowest BCUT2D eigenvalue weighted by molar-refractivity contribution is -0.922. The van der Waals surface area contributed by atoms with Crippen molar-refractivity contribution in [1.82, 2.24) is 14.3 Å². The van der Waals surface area contributed by atoms with E-state index in [9.17, 15) is 8.42 Å². The molecule has 4 heterocycles. The first-order valence-electron chi connectivity index (χ1n) is 13.7. The van der Waals surface area contributed by atoms with Crippen LogP contribution < -0.4 is 9.80 Å². The number of anilines is 1. The third-order valence-electron chi connectivity index (χ3n) is 7.92. The van der Waals surface area contributed by atoms with E-state index >= 15 is 0 Å². The SMILES string of the molecule is C[C@@H]1CCc2c(sc3nc(C[NH+]4CCOCC4)nc(N4CCN(S(=O)(=O)/C=C/c5ccccc5)CC4)c23)C1. The first-order valence-corrected chi connectivity index (χ1v) is 16.0. The highest BCUT2D eigenvalue weighted by atomic mass is 32.2.